The van der Waals surface area contributed by atoms with Gasteiger partial charge in [-0.2, -0.15) is 0 Å². The summed E-state index contributed by atoms with van der Waals surface area (Å²) in [6, 6.07) is 8.31. The number of benzene rings is 1. The second-order valence-corrected chi connectivity index (χ2v) is 6.26. The largest absolute Gasteiger partial charge is 0.339 e. The number of hydrogen-bond acceptors (Lipinski definition) is 1. The summed E-state index contributed by atoms with van der Waals surface area (Å²) in [5.74, 6) is 0.218. The maximum absolute atomic E-state index is 12.4. The quantitative estimate of drug-likeness (QED) is 0.631. The first-order valence-electron chi connectivity index (χ1n) is 6.72. The van der Waals surface area contributed by atoms with Gasteiger partial charge in [0.1, 0.15) is 0 Å². The van der Waals surface area contributed by atoms with Gasteiger partial charge in [0, 0.05) is 22.4 Å². The standard InChI is InChI=1S/C15H21Br2NO/c1-3-14(4-2)18(10-9-16)15(19)11-12-5-7-13(17)8-6-12/h5-8,14H,3-4,9-11H2,1-2H3. The van der Waals surface area contributed by atoms with E-state index in [1.165, 1.54) is 0 Å². The molecule has 0 aromatic heterocycles. The third kappa shape index (κ3) is 5.27. The highest BCUT2D eigenvalue weighted by Gasteiger charge is 2.20. The number of rotatable bonds is 7. The molecule has 0 radical (unpaired) electrons. The minimum absolute atomic E-state index is 0.218. The maximum Gasteiger partial charge on any atom is 0.227 e. The van der Waals surface area contributed by atoms with Crippen molar-refractivity contribution in [2.45, 2.75) is 39.2 Å². The molecule has 2 nitrogen and oxygen atoms in total. The normalized spacial score (nSPS) is 10.8. The van der Waals surface area contributed by atoms with E-state index in [0.29, 0.717) is 12.5 Å². The Morgan fingerprint density at radius 3 is 2.26 bits per heavy atom. The number of alkyl halides is 1. The van der Waals surface area contributed by atoms with Crippen LogP contribution in [0.1, 0.15) is 32.3 Å². The Bertz CT molecular complexity index is 388. The minimum Gasteiger partial charge on any atom is -0.339 e. The molecule has 4 heteroatoms. The van der Waals surface area contributed by atoms with Crippen molar-refractivity contribution in [3.63, 3.8) is 0 Å². The van der Waals surface area contributed by atoms with Crippen LogP contribution in [0.3, 0.4) is 0 Å². The van der Waals surface area contributed by atoms with E-state index >= 15 is 0 Å². The molecule has 1 aromatic rings. The third-order valence-electron chi connectivity index (χ3n) is 3.30. The minimum atomic E-state index is 0.218. The molecule has 0 spiro atoms. The zero-order valence-electron chi connectivity index (χ0n) is 11.5. The van der Waals surface area contributed by atoms with Crippen molar-refractivity contribution >= 4 is 37.8 Å². The van der Waals surface area contributed by atoms with Crippen LogP contribution in [0.15, 0.2) is 28.7 Å². The van der Waals surface area contributed by atoms with Crippen LogP contribution in [0, 0.1) is 0 Å². The highest BCUT2D eigenvalue weighted by Crippen LogP contribution is 2.14. The van der Waals surface area contributed by atoms with Gasteiger partial charge in [-0.05, 0) is 30.5 Å². The lowest BCUT2D eigenvalue weighted by Gasteiger charge is -2.30. The van der Waals surface area contributed by atoms with Crippen LogP contribution in [0.5, 0.6) is 0 Å². The summed E-state index contributed by atoms with van der Waals surface area (Å²) in [7, 11) is 0. The fourth-order valence-electron chi connectivity index (χ4n) is 2.21. The number of amides is 1. The topological polar surface area (TPSA) is 20.3 Å². The van der Waals surface area contributed by atoms with Crippen molar-refractivity contribution in [1.29, 1.82) is 0 Å². The monoisotopic (exact) mass is 389 g/mol. The molecule has 1 aromatic carbocycles. The van der Waals surface area contributed by atoms with Gasteiger partial charge < -0.3 is 4.90 Å². The second kappa shape index (κ2) is 8.75. The van der Waals surface area contributed by atoms with E-state index in [-0.39, 0.29) is 5.91 Å². The smallest absolute Gasteiger partial charge is 0.227 e. The fraction of sp³-hybridized carbons (Fsp3) is 0.533. The molecule has 1 rings (SSSR count). The van der Waals surface area contributed by atoms with Crippen LogP contribution in [0.4, 0.5) is 0 Å². The molecule has 0 aliphatic carbocycles. The Balaban J connectivity index is 2.73. The highest BCUT2D eigenvalue weighted by molar-refractivity contribution is 9.10. The van der Waals surface area contributed by atoms with Gasteiger partial charge >= 0.3 is 0 Å². The molecule has 0 fully saturated rings. The molecule has 19 heavy (non-hydrogen) atoms. The van der Waals surface area contributed by atoms with Crippen LogP contribution in [-0.4, -0.2) is 28.7 Å². The van der Waals surface area contributed by atoms with E-state index in [4.69, 9.17) is 0 Å². The van der Waals surface area contributed by atoms with Crippen molar-refractivity contribution in [1.82, 2.24) is 4.90 Å². The van der Waals surface area contributed by atoms with E-state index in [1.54, 1.807) is 0 Å². The van der Waals surface area contributed by atoms with Gasteiger partial charge in [-0.3, -0.25) is 4.79 Å². The molecular formula is C15H21Br2NO. The lowest BCUT2D eigenvalue weighted by molar-refractivity contribution is -0.132. The molecule has 0 saturated carbocycles. The summed E-state index contributed by atoms with van der Waals surface area (Å²) in [4.78, 5) is 14.5. The van der Waals surface area contributed by atoms with Crippen molar-refractivity contribution < 1.29 is 4.79 Å². The number of nitrogens with zero attached hydrogens (tertiary/aromatic N) is 1. The Labute approximate surface area is 132 Å². The first kappa shape index (κ1) is 16.7. The summed E-state index contributed by atoms with van der Waals surface area (Å²) in [6.45, 7) is 5.06. The molecule has 0 N–H and O–H groups in total. The fourth-order valence-corrected chi connectivity index (χ4v) is 2.86. The van der Waals surface area contributed by atoms with Crippen molar-refractivity contribution in [2.24, 2.45) is 0 Å². The molecule has 0 heterocycles. The van der Waals surface area contributed by atoms with E-state index < -0.39 is 0 Å². The average Bonchev–Trinajstić information content (AvgIpc) is 2.41. The Morgan fingerprint density at radius 2 is 1.79 bits per heavy atom. The molecule has 0 aliphatic heterocycles. The number of hydrogen-bond donors (Lipinski definition) is 0. The van der Waals surface area contributed by atoms with Gasteiger partial charge in [-0.1, -0.05) is 57.8 Å². The number of halogens is 2. The molecule has 0 atom stereocenters. The number of carbonyl (C=O) groups excluding carboxylic acids is 1. The van der Waals surface area contributed by atoms with Gasteiger partial charge in [0.15, 0.2) is 0 Å². The third-order valence-corrected chi connectivity index (χ3v) is 4.18. The lowest BCUT2D eigenvalue weighted by atomic mass is 10.1. The van der Waals surface area contributed by atoms with Gasteiger partial charge in [-0.15, -0.1) is 0 Å². The zero-order valence-corrected chi connectivity index (χ0v) is 14.7. The predicted molar refractivity (Wildman–Crippen MR) is 87.7 cm³/mol. The average molecular weight is 391 g/mol. The van der Waals surface area contributed by atoms with Crippen LogP contribution in [0.25, 0.3) is 0 Å². The Kier molecular flexibility index (Phi) is 7.69. The zero-order chi connectivity index (χ0) is 14.3. The Hall–Kier alpha value is -0.350. The molecule has 0 unspecified atom stereocenters. The van der Waals surface area contributed by atoms with Crippen LogP contribution < -0.4 is 0 Å². The van der Waals surface area contributed by atoms with Gasteiger partial charge in [0.25, 0.3) is 0 Å². The summed E-state index contributed by atoms with van der Waals surface area (Å²) < 4.78 is 1.04. The number of carbonyl (C=O) groups is 1. The first-order chi connectivity index (χ1) is 9.12. The highest BCUT2D eigenvalue weighted by atomic mass is 79.9. The van der Waals surface area contributed by atoms with Gasteiger partial charge in [0.2, 0.25) is 5.91 Å². The maximum atomic E-state index is 12.4. The van der Waals surface area contributed by atoms with E-state index in [2.05, 4.69) is 45.7 Å². The van der Waals surface area contributed by atoms with Crippen molar-refractivity contribution in [3.8, 4) is 0 Å². The van der Waals surface area contributed by atoms with E-state index in [0.717, 1.165) is 34.8 Å². The van der Waals surface area contributed by atoms with Gasteiger partial charge in [0.05, 0.1) is 6.42 Å². The van der Waals surface area contributed by atoms with Crippen LogP contribution in [0.2, 0.25) is 0 Å². The van der Waals surface area contributed by atoms with Crippen molar-refractivity contribution in [2.75, 3.05) is 11.9 Å². The lowest BCUT2D eigenvalue weighted by Crippen LogP contribution is -2.41. The van der Waals surface area contributed by atoms with E-state index in [1.807, 2.05) is 29.2 Å². The van der Waals surface area contributed by atoms with Crippen LogP contribution in [-0.2, 0) is 11.2 Å². The molecule has 0 bridgehead atoms. The molecule has 1 amide bonds. The summed E-state index contributed by atoms with van der Waals surface area (Å²) in [5.41, 5.74) is 1.07. The van der Waals surface area contributed by atoms with Gasteiger partial charge in [-0.25, -0.2) is 0 Å². The summed E-state index contributed by atoms with van der Waals surface area (Å²) in [5, 5.41) is 0.829. The van der Waals surface area contributed by atoms with Crippen LogP contribution >= 0.6 is 31.9 Å². The van der Waals surface area contributed by atoms with E-state index in [9.17, 15) is 4.79 Å². The molecule has 0 aliphatic rings. The molecule has 0 saturated heterocycles. The first-order valence-corrected chi connectivity index (χ1v) is 8.63. The SMILES string of the molecule is CCC(CC)N(CCBr)C(=O)Cc1ccc(Br)cc1. The second-order valence-electron chi connectivity index (χ2n) is 4.55. The summed E-state index contributed by atoms with van der Waals surface area (Å²) in [6.07, 6.45) is 2.50. The Morgan fingerprint density at radius 1 is 1.21 bits per heavy atom. The predicted octanol–water partition coefficient (Wildman–Crippen LogP) is 4.40. The summed E-state index contributed by atoms with van der Waals surface area (Å²) >= 11 is 6.85. The molecule has 106 valence electrons. The van der Waals surface area contributed by atoms with Crippen molar-refractivity contribution in [3.05, 3.63) is 34.3 Å². The molecular weight excluding hydrogens is 370 g/mol.